The van der Waals surface area contributed by atoms with E-state index in [2.05, 4.69) is 15.9 Å². The number of halogens is 1. The third kappa shape index (κ3) is 3.35. The van der Waals surface area contributed by atoms with Gasteiger partial charge < -0.3 is 5.11 Å². The molecule has 0 heterocycles. The second-order valence-corrected chi connectivity index (χ2v) is 5.97. The van der Waals surface area contributed by atoms with Gasteiger partial charge in [0.2, 0.25) is 0 Å². The van der Waals surface area contributed by atoms with Crippen molar-refractivity contribution < 1.29 is 9.90 Å². The highest BCUT2D eigenvalue weighted by Crippen LogP contribution is 2.26. The lowest BCUT2D eigenvalue weighted by Gasteiger charge is -2.17. The molecule has 0 amide bonds. The number of aryl methyl sites for hydroxylation is 2. The summed E-state index contributed by atoms with van der Waals surface area (Å²) in [4.78, 5) is 11.7. The molecule has 0 saturated carbocycles. The first kappa shape index (κ1) is 14.9. The fraction of sp³-hybridized carbons (Fsp3) is 0.235. The molecule has 3 heteroatoms. The van der Waals surface area contributed by atoms with Crippen LogP contribution in [0.3, 0.4) is 0 Å². The molecule has 2 atom stereocenters. The number of aliphatic hydroxyl groups is 1. The molecule has 2 aromatic rings. The Labute approximate surface area is 127 Å². The molecule has 0 aliphatic carbocycles. The number of rotatable bonds is 4. The summed E-state index contributed by atoms with van der Waals surface area (Å²) in [6.45, 7) is 3.96. The van der Waals surface area contributed by atoms with E-state index < -0.39 is 10.9 Å². The molecule has 0 aliphatic rings. The molecule has 20 heavy (non-hydrogen) atoms. The van der Waals surface area contributed by atoms with Gasteiger partial charge in [-0.25, -0.2) is 0 Å². The normalized spacial score (nSPS) is 13.8. The van der Waals surface area contributed by atoms with Gasteiger partial charge in [0, 0.05) is 5.56 Å². The zero-order valence-electron chi connectivity index (χ0n) is 11.5. The third-order valence-corrected chi connectivity index (χ3v) is 4.20. The Kier molecular flexibility index (Phi) is 4.73. The van der Waals surface area contributed by atoms with Crippen LogP contribution in [0.25, 0.3) is 0 Å². The molecule has 0 aliphatic heterocycles. The molecule has 0 radical (unpaired) electrons. The van der Waals surface area contributed by atoms with Gasteiger partial charge in [-0.3, -0.25) is 4.79 Å². The summed E-state index contributed by atoms with van der Waals surface area (Å²) in [6.07, 6.45) is -0.857. The number of Topliss-reactive ketones (excluding diaryl/α,β-unsaturated/α-hetero) is 1. The number of alkyl halides is 1. The van der Waals surface area contributed by atoms with Crippen molar-refractivity contribution in [3.8, 4) is 0 Å². The van der Waals surface area contributed by atoms with Gasteiger partial charge in [-0.05, 0) is 19.4 Å². The molecule has 0 unspecified atom stereocenters. The first-order valence-electron chi connectivity index (χ1n) is 6.48. The van der Waals surface area contributed by atoms with Crippen molar-refractivity contribution in [2.75, 3.05) is 0 Å². The van der Waals surface area contributed by atoms with Crippen molar-refractivity contribution in [1.29, 1.82) is 0 Å². The van der Waals surface area contributed by atoms with Gasteiger partial charge in [0.15, 0.2) is 5.78 Å². The number of aliphatic hydroxyl groups excluding tert-OH is 1. The van der Waals surface area contributed by atoms with Crippen molar-refractivity contribution in [2.45, 2.75) is 24.8 Å². The molecule has 2 rings (SSSR count). The summed E-state index contributed by atoms with van der Waals surface area (Å²) in [6, 6.07) is 14.9. The van der Waals surface area contributed by atoms with E-state index in [0.717, 1.165) is 16.7 Å². The van der Waals surface area contributed by atoms with E-state index in [0.29, 0.717) is 5.56 Å². The van der Waals surface area contributed by atoms with Gasteiger partial charge in [0.1, 0.15) is 4.83 Å². The van der Waals surface area contributed by atoms with Crippen molar-refractivity contribution in [1.82, 2.24) is 0 Å². The van der Waals surface area contributed by atoms with E-state index in [4.69, 9.17) is 0 Å². The molecular weight excluding hydrogens is 316 g/mol. The van der Waals surface area contributed by atoms with Crippen molar-refractivity contribution in [2.24, 2.45) is 0 Å². The van der Waals surface area contributed by atoms with E-state index >= 15 is 0 Å². The Morgan fingerprint density at radius 3 is 1.90 bits per heavy atom. The lowest BCUT2D eigenvalue weighted by Crippen LogP contribution is -2.22. The maximum atomic E-state index is 12.3. The summed E-state index contributed by atoms with van der Waals surface area (Å²) in [5, 5.41) is 10.3. The monoisotopic (exact) mass is 332 g/mol. The molecule has 0 aromatic heterocycles. The molecule has 0 fully saturated rings. The summed E-state index contributed by atoms with van der Waals surface area (Å²) in [7, 11) is 0. The predicted octanol–water partition coefficient (Wildman–Crippen LogP) is 3.98. The molecule has 0 saturated heterocycles. The minimum Gasteiger partial charge on any atom is -0.387 e. The summed E-state index contributed by atoms with van der Waals surface area (Å²) >= 11 is 3.32. The second kappa shape index (κ2) is 6.33. The second-order valence-electron chi connectivity index (χ2n) is 4.99. The van der Waals surface area contributed by atoms with Gasteiger partial charge in [-0.15, -0.1) is 0 Å². The third-order valence-electron chi connectivity index (χ3n) is 3.28. The van der Waals surface area contributed by atoms with Crippen LogP contribution in [-0.2, 0) is 0 Å². The summed E-state index contributed by atoms with van der Waals surface area (Å²) in [5.74, 6) is -0.113. The first-order valence-corrected chi connectivity index (χ1v) is 7.40. The van der Waals surface area contributed by atoms with Crippen molar-refractivity contribution >= 4 is 21.7 Å². The largest absolute Gasteiger partial charge is 0.387 e. The van der Waals surface area contributed by atoms with Crippen LogP contribution in [-0.4, -0.2) is 15.7 Å². The Balaban J connectivity index is 2.17. The van der Waals surface area contributed by atoms with Crippen LogP contribution < -0.4 is 0 Å². The predicted molar refractivity (Wildman–Crippen MR) is 84.4 cm³/mol. The van der Waals surface area contributed by atoms with Gasteiger partial charge in [-0.1, -0.05) is 75.6 Å². The molecule has 0 spiro atoms. The van der Waals surface area contributed by atoms with E-state index in [-0.39, 0.29) is 5.78 Å². The van der Waals surface area contributed by atoms with Crippen LogP contribution >= 0.6 is 15.9 Å². The smallest absolute Gasteiger partial charge is 0.179 e. The van der Waals surface area contributed by atoms with Gasteiger partial charge >= 0.3 is 0 Å². The standard InChI is InChI=1S/C17H17BrO2/c1-11-3-7-13(8-4-11)16(19)15(18)17(20)14-9-5-12(2)6-10-14/h3-10,15-16,19H,1-2H3/t15-,16+/m1/s1. The fourth-order valence-electron chi connectivity index (χ4n) is 1.95. The number of ketones is 1. The van der Waals surface area contributed by atoms with Gasteiger partial charge in [-0.2, -0.15) is 0 Å². The Bertz CT molecular complexity index is 587. The zero-order valence-corrected chi connectivity index (χ0v) is 13.1. The molecule has 0 bridgehead atoms. The van der Waals surface area contributed by atoms with Crippen LogP contribution in [0, 0.1) is 13.8 Å². The van der Waals surface area contributed by atoms with Crippen LogP contribution in [0.2, 0.25) is 0 Å². The highest BCUT2D eigenvalue weighted by molar-refractivity contribution is 9.10. The van der Waals surface area contributed by atoms with Crippen LogP contribution in [0.4, 0.5) is 0 Å². The van der Waals surface area contributed by atoms with Crippen LogP contribution in [0.5, 0.6) is 0 Å². The highest BCUT2D eigenvalue weighted by Gasteiger charge is 2.26. The van der Waals surface area contributed by atoms with E-state index in [1.165, 1.54) is 0 Å². The maximum absolute atomic E-state index is 12.3. The Morgan fingerprint density at radius 1 is 0.950 bits per heavy atom. The maximum Gasteiger partial charge on any atom is 0.179 e. The number of hydrogen-bond donors (Lipinski definition) is 1. The zero-order chi connectivity index (χ0) is 14.7. The van der Waals surface area contributed by atoms with Gasteiger partial charge in [0.05, 0.1) is 6.10 Å². The lowest BCUT2D eigenvalue weighted by molar-refractivity contribution is 0.0903. The van der Waals surface area contributed by atoms with Crippen molar-refractivity contribution in [3.05, 3.63) is 70.8 Å². The number of hydrogen-bond acceptors (Lipinski definition) is 2. The number of benzene rings is 2. The van der Waals surface area contributed by atoms with Crippen LogP contribution in [0.1, 0.15) is 33.2 Å². The molecular formula is C17H17BrO2. The van der Waals surface area contributed by atoms with Gasteiger partial charge in [0.25, 0.3) is 0 Å². The van der Waals surface area contributed by atoms with E-state index in [1.807, 2.05) is 50.2 Å². The SMILES string of the molecule is Cc1ccc(C(=O)[C@H](Br)[C@@H](O)c2ccc(C)cc2)cc1. The molecule has 2 nitrogen and oxygen atoms in total. The van der Waals surface area contributed by atoms with Crippen LogP contribution in [0.15, 0.2) is 48.5 Å². The highest BCUT2D eigenvalue weighted by atomic mass is 79.9. The first-order chi connectivity index (χ1) is 9.49. The average Bonchev–Trinajstić information content (AvgIpc) is 2.46. The number of carbonyl (C=O) groups is 1. The van der Waals surface area contributed by atoms with Crippen molar-refractivity contribution in [3.63, 3.8) is 0 Å². The lowest BCUT2D eigenvalue weighted by atomic mass is 9.99. The summed E-state index contributed by atoms with van der Waals surface area (Å²) in [5.41, 5.74) is 3.56. The van der Waals surface area contributed by atoms with E-state index in [1.54, 1.807) is 12.1 Å². The molecule has 2 aromatic carbocycles. The van der Waals surface area contributed by atoms with E-state index in [9.17, 15) is 9.90 Å². The Hall–Kier alpha value is -1.45. The quantitative estimate of drug-likeness (QED) is 0.679. The average molecular weight is 333 g/mol. The topological polar surface area (TPSA) is 37.3 Å². The minimum atomic E-state index is -0.857. The Morgan fingerprint density at radius 2 is 1.40 bits per heavy atom. The number of carbonyl (C=O) groups excluding carboxylic acids is 1. The summed E-state index contributed by atoms with van der Waals surface area (Å²) < 4.78 is 0. The molecule has 104 valence electrons. The fourth-order valence-corrected chi connectivity index (χ4v) is 2.52. The minimum absolute atomic E-state index is 0.113. The molecule has 1 N–H and O–H groups in total.